The number of hydrogen-bond donors (Lipinski definition) is 3. The molecular formula is C48H95NO5. The molecule has 0 saturated heterocycles. The Morgan fingerprint density at radius 1 is 0.463 bits per heavy atom. The number of amides is 1. The molecule has 3 unspecified atom stereocenters. The van der Waals surface area contributed by atoms with Crippen LogP contribution in [0, 0.1) is 0 Å². The van der Waals surface area contributed by atoms with Gasteiger partial charge in [-0.15, -0.1) is 0 Å². The van der Waals surface area contributed by atoms with Crippen molar-refractivity contribution in [3.05, 3.63) is 0 Å². The topological polar surface area (TPSA) is 95.9 Å². The van der Waals surface area contributed by atoms with Crippen LogP contribution in [-0.2, 0) is 14.3 Å². The van der Waals surface area contributed by atoms with E-state index in [0.717, 1.165) is 38.5 Å². The first-order chi connectivity index (χ1) is 26.5. The van der Waals surface area contributed by atoms with Crippen molar-refractivity contribution in [2.24, 2.45) is 0 Å². The minimum Gasteiger partial charge on any atom is -0.462 e. The van der Waals surface area contributed by atoms with E-state index < -0.39 is 18.2 Å². The van der Waals surface area contributed by atoms with Gasteiger partial charge in [-0.1, -0.05) is 233 Å². The fourth-order valence-electron chi connectivity index (χ4n) is 7.73. The third kappa shape index (κ3) is 37.8. The molecule has 6 heteroatoms. The zero-order chi connectivity index (χ0) is 39.6. The van der Waals surface area contributed by atoms with Gasteiger partial charge in [-0.05, 0) is 25.7 Å². The zero-order valence-electron chi connectivity index (χ0n) is 36.6. The molecule has 6 nitrogen and oxygen atoms in total. The van der Waals surface area contributed by atoms with E-state index in [0.29, 0.717) is 19.3 Å². The van der Waals surface area contributed by atoms with Gasteiger partial charge in [0.15, 0.2) is 0 Å². The molecule has 54 heavy (non-hydrogen) atoms. The summed E-state index contributed by atoms with van der Waals surface area (Å²) in [5.74, 6) is -0.460. The van der Waals surface area contributed by atoms with Gasteiger partial charge in [0.2, 0.25) is 5.91 Å². The Morgan fingerprint density at radius 3 is 1.13 bits per heavy atom. The molecule has 0 bridgehead atoms. The normalized spacial score (nSPS) is 13.2. The molecule has 0 aromatic carbocycles. The molecule has 3 atom stereocenters. The number of carbonyl (C=O) groups is 2. The summed E-state index contributed by atoms with van der Waals surface area (Å²) in [5.41, 5.74) is 0. The maximum atomic E-state index is 13.1. The third-order valence-electron chi connectivity index (χ3n) is 11.4. The lowest BCUT2D eigenvalue weighted by Gasteiger charge is -2.24. The van der Waals surface area contributed by atoms with E-state index in [2.05, 4.69) is 26.1 Å². The van der Waals surface area contributed by atoms with Crippen LogP contribution in [0.15, 0.2) is 0 Å². The van der Waals surface area contributed by atoms with Gasteiger partial charge in [-0.3, -0.25) is 9.59 Å². The van der Waals surface area contributed by atoms with E-state index in [1.807, 2.05) is 0 Å². The first-order valence-electron chi connectivity index (χ1n) is 24.3. The number of ether oxygens (including phenoxy) is 1. The van der Waals surface area contributed by atoms with Crippen LogP contribution in [-0.4, -0.2) is 46.9 Å². The maximum absolute atomic E-state index is 13.1. The van der Waals surface area contributed by atoms with E-state index in [4.69, 9.17) is 4.74 Å². The van der Waals surface area contributed by atoms with Crippen molar-refractivity contribution < 1.29 is 24.5 Å². The molecule has 0 aliphatic rings. The van der Waals surface area contributed by atoms with Crippen molar-refractivity contribution in [3.8, 4) is 0 Å². The average Bonchev–Trinajstić information content (AvgIpc) is 3.16. The second-order valence-corrected chi connectivity index (χ2v) is 16.9. The van der Waals surface area contributed by atoms with Crippen LogP contribution in [0.5, 0.6) is 0 Å². The summed E-state index contributed by atoms with van der Waals surface area (Å²) < 4.78 is 5.89. The van der Waals surface area contributed by atoms with Crippen LogP contribution in [0.3, 0.4) is 0 Å². The molecule has 0 heterocycles. The van der Waals surface area contributed by atoms with Crippen molar-refractivity contribution in [2.75, 3.05) is 6.61 Å². The largest absolute Gasteiger partial charge is 0.462 e. The van der Waals surface area contributed by atoms with E-state index in [9.17, 15) is 19.8 Å². The fourth-order valence-corrected chi connectivity index (χ4v) is 7.73. The number of rotatable bonds is 44. The van der Waals surface area contributed by atoms with Crippen LogP contribution >= 0.6 is 0 Å². The summed E-state index contributed by atoms with van der Waals surface area (Å²) in [4.78, 5) is 25.9. The second-order valence-electron chi connectivity index (χ2n) is 16.9. The summed E-state index contributed by atoms with van der Waals surface area (Å²) in [7, 11) is 0. The summed E-state index contributed by atoms with van der Waals surface area (Å²) in [6.45, 7) is 6.47. The van der Waals surface area contributed by atoms with Crippen LogP contribution in [0.2, 0.25) is 0 Å². The van der Waals surface area contributed by atoms with Crippen LogP contribution in [0.25, 0.3) is 0 Å². The third-order valence-corrected chi connectivity index (χ3v) is 11.4. The van der Waals surface area contributed by atoms with Crippen molar-refractivity contribution in [1.29, 1.82) is 0 Å². The van der Waals surface area contributed by atoms with Gasteiger partial charge < -0.3 is 20.3 Å². The Balaban J connectivity index is 4.35. The SMILES string of the molecule is CCCCCCCCCCCCCCCCCC(=O)OC(CCCCCCCCC)CC(=O)NC(CO)C(O)CCCCCCCCCCCCCCC. The minimum atomic E-state index is -0.777. The van der Waals surface area contributed by atoms with Crippen LogP contribution in [0.1, 0.15) is 271 Å². The van der Waals surface area contributed by atoms with Gasteiger partial charge in [0.05, 0.1) is 25.2 Å². The summed E-state index contributed by atoms with van der Waals surface area (Å²) in [6.07, 6.45) is 44.6. The Hall–Kier alpha value is -1.14. The predicted molar refractivity (Wildman–Crippen MR) is 232 cm³/mol. The number of carbonyl (C=O) groups excluding carboxylic acids is 2. The zero-order valence-corrected chi connectivity index (χ0v) is 36.6. The van der Waals surface area contributed by atoms with Gasteiger partial charge in [-0.25, -0.2) is 0 Å². The highest BCUT2D eigenvalue weighted by molar-refractivity contribution is 5.77. The fraction of sp³-hybridized carbons (Fsp3) is 0.958. The van der Waals surface area contributed by atoms with E-state index in [1.54, 1.807) is 0 Å². The first kappa shape index (κ1) is 52.9. The molecule has 322 valence electrons. The lowest BCUT2D eigenvalue weighted by molar-refractivity contribution is -0.151. The Labute approximate surface area is 336 Å². The molecule has 0 spiro atoms. The molecule has 0 radical (unpaired) electrons. The lowest BCUT2D eigenvalue weighted by Crippen LogP contribution is -2.46. The standard InChI is InChI=1S/C48H95NO5/c1-4-7-10-13-16-18-20-22-23-25-27-29-32-35-38-41-48(53)54-44(39-36-33-30-15-12-9-6-3)42-47(52)49-45(43-50)46(51)40-37-34-31-28-26-24-21-19-17-14-11-8-5-2/h44-46,50-51H,4-43H2,1-3H3,(H,49,52). The Kier molecular flexibility index (Phi) is 42.1. The number of aliphatic hydroxyl groups is 2. The van der Waals surface area contributed by atoms with Crippen molar-refractivity contribution in [2.45, 2.75) is 289 Å². The predicted octanol–water partition coefficient (Wildman–Crippen LogP) is 14.0. The molecule has 0 aliphatic carbocycles. The Bertz CT molecular complexity index is 776. The molecule has 0 aromatic rings. The summed E-state index contributed by atoms with van der Waals surface area (Å²) in [5, 5.41) is 23.6. The number of nitrogens with one attached hydrogen (secondary N) is 1. The van der Waals surface area contributed by atoms with Gasteiger partial charge in [0.25, 0.3) is 0 Å². The smallest absolute Gasteiger partial charge is 0.306 e. The van der Waals surface area contributed by atoms with E-state index in [1.165, 1.54) is 186 Å². The van der Waals surface area contributed by atoms with Crippen molar-refractivity contribution in [3.63, 3.8) is 0 Å². The quantitative estimate of drug-likeness (QED) is 0.0424. The molecule has 1 amide bonds. The molecule has 0 aliphatic heterocycles. The van der Waals surface area contributed by atoms with Gasteiger partial charge in [0, 0.05) is 6.42 Å². The van der Waals surface area contributed by atoms with Gasteiger partial charge >= 0.3 is 5.97 Å². The Morgan fingerprint density at radius 2 is 0.778 bits per heavy atom. The summed E-state index contributed by atoms with van der Waals surface area (Å²) in [6, 6.07) is -0.690. The molecule has 0 saturated carbocycles. The summed E-state index contributed by atoms with van der Waals surface area (Å²) >= 11 is 0. The van der Waals surface area contributed by atoms with Crippen molar-refractivity contribution in [1.82, 2.24) is 5.32 Å². The van der Waals surface area contributed by atoms with Crippen LogP contribution < -0.4 is 5.32 Å². The molecule has 0 rings (SSSR count). The molecule has 0 fully saturated rings. The van der Waals surface area contributed by atoms with E-state index >= 15 is 0 Å². The number of aliphatic hydroxyl groups excluding tert-OH is 2. The average molecular weight is 766 g/mol. The number of hydrogen-bond acceptors (Lipinski definition) is 5. The molecule has 3 N–H and O–H groups in total. The maximum Gasteiger partial charge on any atom is 0.306 e. The van der Waals surface area contributed by atoms with E-state index in [-0.39, 0.29) is 24.9 Å². The van der Waals surface area contributed by atoms with Crippen molar-refractivity contribution >= 4 is 11.9 Å². The highest BCUT2D eigenvalue weighted by Crippen LogP contribution is 2.18. The molecule has 0 aromatic heterocycles. The first-order valence-corrected chi connectivity index (χ1v) is 24.3. The number of unbranched alkanes of at least 4 members (excludes halogenated alkanes) is 32. The molecular weight excluding hydrogens is 671 g/mol. The highest BCUT2D eigenvalue weighted by Gasteiger charge is 2.24. The highest BCUT2D eigenvalue weighted by atomic mass is 16.5. The monoisotopic (exact) mass is 766 g/mol. The van der Waals surface area contributed by atoms with Crippen LogP contribution in [0.4, 0.5) is 0 Å². The lowest BCUT2D eigenvalue weighted by atomic mass is 10.0. The minimum absolute atomic E-state index is 0.0857. The second kappa shape index (κ2) is 43.0. The number of esters is 1. The van der Waals surface area contributed by atoms with Gasteiger partial charge in [-0.2, -0.15) is 0 Å². The van der Waals surface area contributed by atoms with Gasteiger partial charge in [0.1, 0.15) is 6.10 Å².